The number of esters is 1. The Balaban J connectivity index is 1.43. The smallest absolute Gasteiger partial charge is 0.308 e. The number of rotatable bonds is 5. The first-order chi connectivity index (χ1) is 11.3. The van der Waals surface area contributed by atoms with Crippen LogP contribution in [0.1, 0.15) is 44.1 Å². The van der Waals surface area contributed by atoms with Crippen molar-refractivity contribution in [2.75, 3.05) is 19.7 Å². The van der Waals surface area contributed by atoms with Gasteiger partial charge in [0.1, 0.15) is 6.10 Å². The monoisotopic (exact) mass is 317 g/mol. The summed E-state index contributed by atoms with van der Waals surface area (Å²) in [5.74, 6) is -0.0940. The number of hydrogen-bond acceptors (Lipinski definition) is 4. The summed E-state index contributed by atoms with van der Waals surface area (Å²) < 4.78 is 11.4. The summed E-state index contributed by atoms with van der Waals surface area (Å²) >= 11 is 0. The lowest BCUT2D eigenvalue weighted by atomic mass is 9.98. The van der Waals surface area contributed by atoms with Gasteiger partial charge < -0.3 is 9.47 Å². The quantitative estimate of drug-likeness (QED) is 0.782. The standard InChI is InChI=1S/C19H27NO3/c21-19(23-17-9-5-2-6-10-17)13-18-15-20(11-12-22-18)14-16-7-3-1-4-8-16/h1,3-4,7-8,17-18H,2,5-6,9-15H2. The largest absolute Gasteiger partial charge is 0.462 e. The topological polar surface area (TPSA) is 38.8 Å². The summed E-state index contributed by atoms with van der Waals surface area (Å²) in [6.45, 7) is 3.32. The maximum atomic E-state index is 12.1. The van der Waals surface area contributed by atoms with E-state index in [1.807, 2.05) is 6.07 Å². The molecule has 2 aliphatic rings. The minimum atomic E-state index is -0.0940. The van der Waals surface area contributed by atoms with Gasteiger partial charge in [-0.1, -0.05) is 36.8 Å². The van der Waals surface area contributed by atoms with Crippen LogP contribution in [-0.4, -0.2) is 42.8 Å². The molecule has 0 aromatic heterocycles. The average Bonchev–Trinajstić information content (AvgIpc) is 2.57. The molecule has 1 atom stereocenters. The molecule has 3 rings (SSSR count). The molecule has 1 unspecified atom stereocenters. The van der Waals surface area contributed by atoms with Crippen LogP contribution in [0.15, 0.2) is 30.3 Å². The van der Waals surface area contributed by atoms with E-state index in [0.29, 0.717) is 13.0 Å². The molecular weight excluding hydrogens is 290 g/mol. The lowest BCUT2D eigenvalue weighted by molar-refractivity contribution is -0.155. The number of nitrogens with zero attached hydrogens (tertiary/aromatic N) is 1. The molecule has 126 valence electrons. The molecule has 1 saturated carbocycles. The first-order valence-electron chi connectivity index (χ1n) is 8.87. The molecule has 23 heavy (non-hydrogen) atoms. The molecule has 4 nitrogen and oxygen atoms in total. The Bertz CT molecular complexity index is 485. The van der Waals surface area contributed by atoms with Crippen molar-refractivity contribution in [3.63, 3.8) is 0 Å². The van der Waals surface area contributed by atoms with E-state index in [1.54, 1.807) is 0 Å². The van der Waals surface area contributed by atoms with E-state index in [4.69, 9.17) is 9.47 Å². The van der Waals surface area contributed by atoms with Gasteiger partial charge in [0, 0.05) is 19.6 Å². The Morgan fingerprint density at radius 2 is 1.96 bits per heavy atom. The maximum Gasteiger partial charge on any atom is 0.308 e. The van der Waals surface area contributed by atoms with Gasteiger partial charge in [-0.3, -0.25) is 9.69 Å². The molecule has 0 spiro atoms. The van der Waals surface area contributed by atoms with E-state index in [0.717, 1.165) is 32.5 Å². The molecular formula is C19H27NO3. The van der Waals surface area contributed by atoms with Crippen molar-refractivity contribution in [1.82, 2.24) is 4.90 Å². The number of carbonyl (C=O) groups excluding carboxylic acids is 1. The minimum Gasteiger partial charge on any atom is -0.462 e. The van der Waals surface area contributed by atoms with Crippen LogP contribution in [0, 0.1) is 0 Å². The highest BCUT2D eigenvalue weighted by atomic mass is 16.5. The van der Waals surface area contributed by atoms with Crippen LogP contribution in [-0.2, 0) is 20.8 Å². The van der Waals surface area contributed by atoms with Gasteiger partial charge in [-0.25, -0.2) is 0 Å². The first kappa shape index (κ1) is 16.5. The summed E-state index contributed by atoms with van der Waals surface area (Å²) in [5, 5.41) is 0. The second-order valence-electron chi connectivity index (χ2n) is 6.67. The Morgan fingerprint density at radius 1 is 1.17 bits per heavy atom. The van der Waals surface area contributed by atoms with Gasteiger partial charge in [0.25, 0.3) is 0 Å². The Hall–Kier alpha value is -1.39. The van der Waals surface area contributed by atoms with Gasteiger partial charge >= 0.3 is 5.97 Å². The molecule has 0 amide bonds. The van der Waals surface area contributed by atoms with Crippen LogP contribution in [0.2, 0.25) is 0 Å². The predicted molar refractivity (Wildman–Crippen MR) is 89.0 cm³/mol. The van der Waals surface area contributed by atoms with Gasteiger partial charge in [-0.2, -0.15) is 0 Å². The Kier molecular flexibility index (Phi) is 6.06. The zero-order valence-electron chi connectivity index (χ0n) is 13.8. The summed E-state index contributed by atoms with van der Waals surface area (Å²) in [5.41, 5.74) is 1.30. The lowest BCUT2D eigenvalue weighted by Crippen LogP contribution is -2.43. The number of morpholine rings is 1. The molecule has 2 fully saturated rings. The minimum absolute atomic E-state index is 0.0384. The molecule has 0 N–H and O–H groups in total. The molecule has 1 aliphatic heterocycles. The van der Waals surface area contributed by atoms with E-state index in [2.05, 4.69) is 29.2 Å². The highest BCUT2D eigenvalue weighted by Gasteiger charge is 2.25. The SMILES string of the molecule is O=C(CC1CN(Cc2ccccc2)CCO1)OC1CCCCC1. The van der Waals surface area contributed by atoms with E-state index < -0.39 is 0 Å². The van der Waals surface area contributed by atoms with Crippen LogP contribution in [0.4, 0.5) is 0 Å². The lowest BCUT2D eigenvalue weighted by Gasteiger charge is -2.33. The molecule has 0 radical (unpaired) electrons. The van der Waals surface area contributed by atoms with Crippen molar-refractivity contribution >= 4 is 5.97 Å². The number of carbonyl (C=O) groups is 1. The van der Waals surface area contributed by atoms with E-state index in [1.165, 1.54) is 24.8 Å². The number of ether oxygens (including phenoxy) is 2. The fourth-order valence-corrected chi connectivity index (χ4v) is 3.49. The highest BCUT2D eigenvalue weighted by Crippen LogP contribution is 2.21. The summed E-state index contributed by atoms with van der Waals surface area (Å²) in [4.78, 5) is 14.5. The van der Waals surface area contributed by atoms with Crippen LogP contribution < -0.4 is 0 Å². The highest BCUT2D eigenvalue weighted by molar-refractivity contribution is 5.70. The maximum absolute atomic E-state index is 12.1. The van der Waals surface area contributed by atoms with Crippen molar-refractivity contribution in [1.29, 1.82) is 0 Å². The first-order valence-corrected chi connectivity index (χ1v) is 8.87. The van der Waals surface area contributed by atoms with Gasteiger partial charge in [-0.15, -0.1) is 0 Å². The Morgan fingerprint density at radius 3 is 2.74 bits per heavy atom. The van der Waals surface area contributed by atoms with Crippen LogP contribution in [0.25, 0.3) is 0 Å². The summed E-state index contributed by atoms with van der Waals surface area (Å²) in [7, 11) is 0. The average molecular weight is 317 g/mol. The third-order valence-electron chi connectivity index (χ3n) is 4.72. The van der Waals surface area contributed by atoms with Gasteiger partial charge in [0.2, 0.25) is 0 Å². The zero-order valence-corrected chi connectivity index (χ0v) is 13.8. The van der Waals surface area contributed by atoms with Crippen molar-refractivity contribution in [3.05, 3.63) is 35.9 Å². The van der Waals surface area contributed by atoms with E-state index in [9.17, 15) is 4.79 Å². The molecule has 0 bridgehead atoms. The molecule has 1 aromatic carbocycles. The van der Waals surface area contributed by atoms with Gasteiger partial charge in [-0.05, 0) is 31.2 Å². The summed E-state index contributed by atoms with van der Waals surface area (Å²) in [6.07, 6.45) is 6.17. The molecule has 1 aliphatic carbocycles. The third kappa shape index (κ3) is 5.33. The molecule has 4 heteroatoms. The van der Waals surface area contributed by atoms with Crippen molar-refractivity contribution in [3.8, 4) is 0 Å². The van der Waals surface area contributed by atoms with E-state index >= 15 is 0 Å². The third-order valence-corrected chi connectivity index (χ3v) is 4.72. The Labute approximate surface area is 138 Å². The predicted octanol–water partition coefficient (Wildman–Crippen LogP) is 3.15. The molecule has 1 aromatic rings. The number of benzene rings is 1. The fourth-order valence-electron chi connectivity index (χ4n) is 3.49. The van der Waals surface area contributed by atoms with Crippen LogP contribution in [0.5, 0.6) is 0 Å². The second-order valence-corrected chi connectivity index (χ2v) is 6.67. The zero-order chi connectivity index (χ0) is 15.9. The van der Waals surface area contributed by atoms with E-state index in [-0.39, 0.29) is 18.2 Å². The van der Waals surface area contributed by atoms with Crippen molar-refractivity contribution in [2.45, 2.75) is 57.3 Å². The van der Waals surface area contributed by atoms with Crippen LogP contribution in [0.3, 0.4) is 0 Å². The van der Waals surface area contributed by atoms with Crippen molar-refractivity contribution in [2.24, 2.45) is 0 Å². The fraction of sp³-hybridized carbons (Fsp3) is 0.632. The van der Waals surface area contributed by atoms with Crippen LogP contribution >= 0.6 is 0 Å². The normalized spacial score (nSPS) is 23.6. The van der Waals surface area contributed by atoms with Crippen molar-refractivity contribution < 1.29 is 14.3 Å². The second kappa shape index (κ2) is 8.46. The molecule has 1 heterocycles. The van der Waals surface area contributed by atoms with Gasteiger partial charge in [0.05, 0.1) is 19.1 Å². The molecule has 1 saturated heterocycles. The number of hydrogen-bond donors (Lipinski definition) is 0. The summed E-state index contributed by atoms with van der Waals surface area (Å²) in [6, 6.07) is 10.4. The van der Waals surface area contributed by atoms with Gasteiger partial charge in [0.15, 0.2) is 0 Å².